The Bertz CT molecular complexity index is 805. The largest absolute Gasteiger partial charge is 0.458 e. The molecule has 34 heavy (non-hydrogen) atoms. The van der Waals surface area contributed by atoms with Gasteiger partial charge in [-0.05, 0) is 49.5 Å². The van der Waals surface area contributed by atoms with E-state index in [0.29, 0.717) is 12.0 Å². The maximum absolute atomic E-state index is 14.0. The van der Waals surface area contributed by atoms with E-state index in [1.807, 2.05) is 41.5 Å². The number of ether oxygens (including phenoxy) is 2. The zero-order valence-electron chi connectivity index (χ0n) is 21.3. The molecule has 196 valence electrons. The predicted molar refractivity (Wildman–Crippen MR) is 118 cm³/mol. The molecule has 0 fully saturated rings. The quantitative estimate of drug-likeness (QED) is 0.295. The van der Waals surface area contributed by atoms with Crippen molar-refractivity contribution >= 4 is 5.97 Å². The fourth-order valence-corrected chi connectivity index (χ4v) is 3.76. The van der Waals surface area contributed by atoms with Crippen LogP contribution in [0.25, 0.3) is 0 Å². The molecule has 0 saturated heterocycles. The van der Waals surface area contributed by atoms with Crippen LogP contribution in [0.2, 0.25) is 0 Å². The average Bonchev–Trinajstić information content (AvgIpc) is 2.55. The van der Waals surface area contributed by atoms with Gasteiger partial charge in [-0.1, -0.05) is 65.8 Å². The van der Waals surface area contributed by atoms with Gasteiger partial charge in [-0.15, -0.1) is 0 Å². The molecule has 0 aromatic heterocycles. The Morgan fingerprint density at radius 2 is 1.24 bits per heavy atom. The van der Waals surface area contributed by atoms with Gasteiger partial charge in [-0.25, -0.2) is 4.79 Å². The molecular formula is C25H36F6O3. The molecule has 0 heterocycles. The lowest BCUT2D eigenvalue weighted by atomic mass is 9.69. The van der Waals surface area contributed by atoms with E-state index in [2.05, 4.69) is 4.74 Å². The normalized spacial score (nSPS) is 15.3. The van der Waals surface area contributed by atoms with Crippen molar-refractivity contribution in [3.05, 3.63) is 35.4 Å². The molecule has 1 atom stereocenters. The van der Waals surface area contributed by atoms with Crippen LogP contribution >= 0.6 is 0 Å². The van der Waals surface area contributed by atoms with Gasteiger partial charge in [0.25, 0.3) is 5.60 Å². The molecule has 0 aliphatic carbocycles. The molecule has 0 amide bonds. The Kier molecular flexibility index (Phi) is 8.64. The van der Waals surface area contributed by atoms with E-state index in [1.54, 1.807) is 0 Å². The van der Waals surface area contributed by atoms with Gasteiger partial charge in [0.1, 0.15) is 12.2 Å². The summed E-state index contributed by atoms with van der Waals surface area (Å²) in [7, 11) is 0. The smallest absolute Gasteiger partial charge is 0.430 e. The van der Waals surface area contributed by atoms with Crippen molar-refractivity contribution in [3.8, 4) is 0 Å². The topological polar surface area (TPSA) is 35.5 Å². The van der Waals surface area contributed by atoms with E-state index < -0.39 is 41.7 Å². The van der Waals surface area contributed by atoms with Gasteiger partial charge in [-0.2, -0.15) is 26.3 Å². The van der Waals surface area contributed by atoms with Gasteiger partial charge in [-0.3, -0.25) is 0 Å². The second-order valence-electron chi connectivity index (χ2n) is 11.9. The lowest BCUT2D eigenvalue weighted by Crippen LogP contribution is -2.56. The summed E-state index contributed by atoms with van der Waals surface area (Å²) in [6.07, 6.45) is -11.1. The first-order chi connectivity index (χ1) is 14.9. The molecule has 0 spiro atoms. The number of rotatable bonds is 6. The second kappa shape index (κ2) is 9.70. The van der Waals surface area contributed by atoms with Gasteiger partial charge < -0.3 is 9.47 Å². The molecule has 1 unspecified atom stereocenters. The number of hydrogen-bond acceptors (Lipinski definition) is 3. The summed E-state index contributed by atoms with van der Waals surface area (Å²) in [5, 5.41) is 0. The number of esters is 1. The predicted octanol–water partition coefficient (Wildman–Crippen LogP) is 7.93. The van der Waals surface area contributed by atoms with E-state index >= 15 is 0 Å². The Hall–Kier alpha value is -1.77. The Morgan fingerprint density at radius 3 is 1.56 bits per heavy atom. The highest BCUT2D eigenvalue weighted by atomic mass is 19.4. The fraction of sp³-hybridized carbons (Fsp3) is 0.720. The van der Waals surface area contributed by atoms with Crippen molar-refractivity contribution in [1.29, 1.82) is 0 Å². The number of alkyl halides is 6. The highest BCUT2D eigenvalue weighted by Gasteiger charge is 2.73. The minimum atomic E-state index is -5.89. The number of benzene rings is 1. The Morgan fingerprint density at radius 1 is 0.794 bits per heavy atom. The first kappa shape index (κ1) is 30.3. The van der Waals surface area contributed by atoms with Crippen LogP contribution in [-0.2, 0) is 19.9 Å². The standard InChI is InChI=1S/C25H36F6O3/c1-20(2,3)14-18(21(4,5)6)16-10-12-17(13-11-16)23(24(26,27)28,25(29,30)31)33-15-19(32)34-22(7,8)9/h10-13,18H,14-15H2,1-9H3. The molecule has 9 heteroatoms. The molecule has 3 nitrogen and oxygen atoms in total. The molecule has 0 radical (unpaired) electrons. The lowest BCUT2D eigenvalue weighted by molar-refractivity contribution is -0.388. The molecule has 0 N–H and O–H groups in total. The van der Waals surface area contributed by atoms with Crippen LogP contribution in [0.4, 0.5) is 26.3 Å². The summed E-state index contributed by atoms with van der Waals surface area (Å²) in [5.74, 6) is -1.45. The van der Waals surface area contributed by atoms with Crippen molar-refractivity contribution < 1.29 is 40.6 Å². The maximum atomic E-state index is 14.0. The summed E-state index contributed by atoms with van der Waals surface area (Å²) in [4.78, 5) is 11.9. The molecule has 0 bridgehead atoms. The van der Waals surface area contributed by atoms with Crippen LogP contribution in [-0.4, -0.2) is 30.5 Å². The van der Waals surface area contributed by atoms with Crippen LogP contribution in [0.3, 0.4) is 0 Å². The van der Waals surface area contributed by atoms with Gasteiger partial charge in [0.05, 0.1) is 0 Å². The van der Waals surface area contributed by atoms with E-state index in [-0.39, 0.29) is 16.7 Å². The minimum Gasteiger partial charge on any atom is -0.458 e. The second-order valence-corrected chi connectivity index (χ2v) is 11.9. The number of hydrogen-bond donors (Lipinski definition) is 0. The van der Waals surface area contributed by atoms with Gasteiger partial charge in [0.2, 0.25) is 0 Å². The third-order valence-corrected chi connectivity index (χ3v) is 5.21. The SMILES string of the molecule is CC(C)(C)CC(c1ccc(C(OCC(=O)OC(C)(C)C)(C(F)(F)F)C(F)(F)F)cc1)C(C)(C)C. The number of halogens is 6. The molecule has 0 saturated carbocycles. The zero-order chi connectivity index (χ0) is 27.0. The highest BCUT2D eigenvalue weighted by Crippen LogP contribution is 2.53. The summed E-state index contributed by atoms with van der Waals surface area (Å²) < 4.78 is 93.3. The first-order valence-electron chi connectivity index (χ1n) is 11.0. The Balaban J connectivity index is 3.53. The van der Waals surface area contributed by atoms with E-state index in [4.69, 9.17) is 4.74 Å². The van der Waals surface area contributed by atoms with E-state index in [9.17, 15) is 31.1 Å². The monoisotopic (exact) mass is 498 g/mol. The summed E-state index contributed by atoms with van der Waals surface area (Å²) >= 11 is 0. The lowest BCUT2D eigenvalue weighted by Gasteiger charge is -2.38. The Labute approximate surface area is 198 Å². The molecule has 1 rings (SSSR count). The molecule has 0 aliphatic heterocycles. The zero-order valence-corrected chi connectivity index (χ0v) is 21.3. The number of carbonyl (C=O) groups is 1. The van der Waals surface area contributed by atoms with Crippen LogP contribution in [0.1, 0.15) is 85.8 Å². The third-order valence-electron chi connectivity index (χ3n) is 5.21. The average molecular weight is 499 g/mol. The van der Waals surface area contributed by atoms with Crippen LogP contribution in [0.15, 0.2) is 24.3 Å². The van der Waals surface area contributed by atoms with Gasteiger partial charge in [0.15, 0.2) is 0 Å². The summed E-state index contributed by atoms with van der Waals surface area (Å²) in [5.41, 5.74) is -6.71. The van der Waals surface area contributed by atoms with Gasteiger partial charge >= 0.3 is 18.3 Å². The van der Waals surface area contributed by atoms with Crippen LogP contribution in [0, 0.1) is 10.8 Å². The molecule has 1 aromatic carbocycles. The van der Waals surface area contributed by atoms with E-state index in [0.717, 1.165) is 12.1 Å². The molecule has 0 aliphatic rings. The first-order valence-corrected chi connectivity index (χ1v) is 11.0. The van der Waals surface area contributed by atoms with Crippen molar-refractivity contribution in [1.82, 2.24) is 0 Å². The fourth-order valence-electron chi connectivity index (χ4n) is 3.76. The van der Waals surface area contributed by atoms with Crippen molar-refractivity contribution in [2.45, 2.75) is 98.2 Å². The van der Waals surface area contributed by atoms with Crippen molar-refractivity contribution in [3.63, 3.8) is 0 Å². The number of carbonyl (C=O) groups excluding carboxylic acids is 1. The summed E-state index contributed by atoms with van der Waals surface area (Å²) in [6, 6.07) is 4.12. The van der Waals surface area contributed by atoms with Crippen molar-refractivity contribution in [2.75, 3.05) is 6.61 Å². The van der Waals surface area contributed by atoms with Crippen LogP contribution < -0.4 is 0 Å². The molecule has 1 aromatic rings. The third kappa shape index (κ3) is 7.62. The van der Waals surface area contributed by atoms with Crippen molar-refractivity contribution in [2.24, 2.45) is 10.8 Å². The van der Waals surface area contributed by atoms with E-state index in [1.165, 1.54) is 32.9 Å². The maximum Gasteiger partial charge on any atom is 0.430 e. The molecular weight excluding hydrogens is 462 g/mol. The summed E-state index contributed by atoms with van der Waals surface area (Å²) in [6.45, 7) is 14.8. The van der Waals surface area contributed by atoms with Gasteiger partial charge in [0, 0.05) is 5.56 Å². The highest BCUT2D eigenvalue weighted by molar-refractivity contribution is 5.71. The van der Waals surface area contributed by atoms with Crippen LogP contribution in [0.5, 0.6) is 0 Å². The minimum absolute atomic E-state index is 0.115.